The molecule has 33 heavy (non-hydrogen) atoms. The largest absolute Gasteiger partial charge is 0.486 e. The minimum Gasteiger partial charge on any atom is -0.486 e. The summed E-state index contributed by atoms with van der Waals surface area (Å²) in [6.07, 6.45) is -4.36. The number of halogens is 4. The van der Waals surface area contributed by atoms with Crippen molar-refractivity contribution in [3.05, 3.63) is 87.4 Å². The van der Waals surface area contributed by atoms with Crippen molar-refractivity contribution in [2.24, 2.45) is 0 Å². The number of piperazine rings is 1. The van der Waals surface area contributed by atoms with E-state index >= 15 is 0 Å². The van der Waals surface area contributed by atoms with Crippen LogP contribution in [0.2, 0.25) is 0 Å². The summed E-state index contributed by atoms with van der Waals surface area (Å²) in [6.45, 7) is 2.72. The molecule has 3 aromatic rings. The van der Waals surface area contributed by atoms with Gasteiger partial charge in [-0.15, -0.1) is 11.3 Å². The third-order valence-corrected chi connectivity index (χ3v) is 6.38. The molecule has 1 saturated heterocycles. The van der Waals surface area contributed by atoms with Crippen LogP contribution in [0.15, 0.2) is 60.0 Å². The first-order valence-electron chi connectivity index (χ1n) is 10.4. The fourth-order valence-electron chi connectivity index (χ4n) is 3.66. The third-order valence-electron chi connectivity index (χ3n) is 5.42. The van der Waals surface area contributed by atoms with Crippen LogP contribution < -0.4 is 4.74 Å². The zero-order valence-corrected chi connectivity index (χ0v) is 18.5. The lowest BCUT2D eigenvalue weighted by Gasteiger charge is -2.34. The molecule has 0 N–H and O–H groups in total. The number of rotatable bonds is 6. The minimum atomic E-state index is -4.36. The van der Waals surface area contributed by atoms with E-state index in [-0.39, 0.29) is 18.3 Å². The summed E-state index contributed by atoms with van der Waals surface area (Å²) in [5.74, 6) is -0.364. The molecule has 0 spiro atoms. The Balaban J connectivity index is 1.29. The quantitative estimate of drug-likeness (QED) is 0.442. The first-order chi connectivity index (χ1) is 15.8. The number of benzene rings is 2. The van der Waals surface area contributed by atoms with E-state index in [0.29, 0.717) is 43.2 Å². The molecule has 9 heteroatoms. The fraction of sp³-hybridized carbons (Fsp3) is 0.292. The summed E-state index contributed by atoms with van der Waals surface area (Å²) in [5.41, 5.74) is 0.735. The van der Waals surface area contributed by atoms with E-state index < -0.39 is 17.6 Å². The normalized spacial score (nSPS) is 15.0. The van der Waals surface area contributed by atoms with Gasteiger partial charge in [0.2, 0.25) is 0 Å². The number of alkyl halides is 3. The summed E-state index contributed by atoms with van der Waals surface area (Å²) in [6, 6.07) is 13.2. The van der Waals surface area contributed by atoms with Crippen LogP contribution in [-0.4, -0.2) is 41.9 Å². The highest BCUT2D eigenvalue weighted by Crippen LogP contribution is 2.30. The maximum absolute atomic E-state index is 13.7. The second-order valence-electron chi connectivity index (χ2n) is 7.80. The third kappa shape index (κ3) is 5.91. The summed E-state index contributed by atoms with van der Waals surface area (Å²) in [5, 5.41) is 1.82. The summed E-state index contributed by atoms with van der Waals surface area (Å²) >= 11 is 1.31. The van der Waals surface area contributed by atoms with Gasteiger partial charge >= 0.3 is 6.18 Å². The molecule has 1 fully saturated rings. The molecule has 4 nitrogen and oxygen atoms in total. The van der Waals surface area contributed by atoms with Gasteiger partial charge in [0.25, 0.3) is 5.91 Å². The number of para-hydroxylation sites is 1. The number of nitrogens with zero attached hydrogens (tertiary/aromatic N) is 2. The predicted octanol–water partition coefficient (Wildman–Crippen LogP) is 5.44. The Morgan fingerprint density at radius 2 is 1.73 bits per heavy atom. The minimum absolute atomic E-state index is 0.0872. The molecule has 0 unspecified atom stereocenters. The highest BCUT2D eigenvalue weighted by molar-refractivity contribution is 7.12. The van der Waals surface area contributed by atoms with Crippen LogP contribution in [0.4, 0.5) is 17.6 Å². The smallest absolute Gasteiger partial charge is 0.416 e. The van der Waals surface area contributed by atoms with Crippen molar-refractivity contribution in [3.63, 3.8) is 0 Å². The fourth-order valence-corrected chi connectivity index (χ4v) is 4.52. The van der Waals surface area contributed by atoms with Crippen LogP contribution in [0.3, 0.4) is 0 Å². The zero-order chi connectivity index (χ0) is 23.4. The van der Waals surface area contributed by atoms with Crippen molar-refractivity contribution < 1.29 is 27.1 Å². The van der Waals surface area contributed by atoms with Gasteiger partial charge in [-0.25, -0.2) is 4.39 Å². The maximum atomic E-state index is 13.7. The Bertz CT molecular complexity index is 1110. The van der Waals surface area contributed by atoms with Crippen molar-refractivity contribution >= 4 is 17.2 Å². The average Bonchev–Trinajstić information content (AvgIpc) is 3.27. The van der Waals surface area contributed by atoms with Gasteiger partial charge < -0.3 is 9.64 Å². The van der Waals surface area contributed by atoms with Gasteiger partial charge in [-0.2, -0.15) is 13.2 Å². The molecule has 1 aliphatic rings. The summed E-state index contributed by atoms with van der Waals surface area (Å²) in [4.78, 5) is 17.2. The van der Waals surface area contributed by atoms with Crippen LogP contribution in [0, 0.1) is 5.82 Å². The lowest BCUT2D eigenvalue weighted by atomic mass is 10.1. The number of thiophene rings is 1. The Hall–Kier alpha value is -2.91. The predicted molar refractivity (Wildman–Crippen MR) is 118 cm³/mol. The lowest BCUT2D eigenvalue weighted by Crippen LogP contribution is -2.48. The van der Waals surface area contributed by atoms with Crippen molar-refractivity contribution in [1.29, 1.82) is 0 Å². The van der Waals surface area contributed by atoms with Crippen molar-refractivity contribution in [3.8, 4) is 5.75 Å². The molecule has 2 aromatic carbocycles. The van der Waals surface area contributed by atoms with Gasteiger partial charge in [0, 0.05) is 38.3 Å². The number of ether oxygens (including phenoxy) is 1. The van der Waals surface area contributed by atoms with E-state index in [1.54, 1.807) is 35.2 Å². The molecular weight excluding hydrogens is 456 g/mol. The molecule has 1 aliphatic heterocycles. The number of carbonyl (C=O) groups is 1. The van der Waals surface area contributed by atoms with Crippen LogP contribution in [-0.2, 0) is 19.3 Å². The monoisotopic (exact) mass is 478 g/mol. The van der Waals surface area contributed by atoms with Crippen LogP contribution in [0.25, 0.3) is 0 Å². The topological polar surface area (TPSA) is 32.8 Å². The molecule has 0 aliphatic carbocycles. The van der Waals surface area contributed by atoms with Crippen LogP contribution in [0.5, 0.6) is 5.75 Å². The molecule has 174 valence electrons. The first kappa shape index (κ1) is 23.3. The molecule has 1 aromatic heterocycles. The molecule has 0 bridgehead atoms. The SMILES string of the molecule is O=C(c1cc(COc2ccccc2F)cs1)N1CCN(Cc2cccc(C(F)(F)F)c2)CC1. The number of hydrogen-bond acceptors (Lipinski definition) is 4. The van der Waals surface area contributed by atoms with E-state index in [0.717, 1.165) is 11.6 Å². The number of amides is 1. The van der Waals surface area contributed by atoms with Crippen molar-refractivity contribution in [1.82, 2.24) is 9.80 Å². The maximum Gasteiger partial charge on any atom is 0.416 e. The van der Waals surface area contributed by atoms with Gasteiger partial charge in [0.1, 0.15) is 6.61 Å². The Morgan fingerprint density at radius 3 is 2.45 bits per heavy atom. The van der Waals surface area contributed by atoms with Crippen LogP contribution in [0.1, 0.15) is 26.4 Å². The second kappa shape index (κ2) is 9.93. The van der Waals surface area contributed by atoms with Gasteiger partial charge in [0.15, 0.2) is 11.6 Å². The summed E-state index contributed by atoms with van der Waals surface area (Å²) < 4.78 is 57.9. The van der Waals surface area contributed by atoms with Crippen molar-refractivity contribution in [2.45, 2.75) is 19.3 Å². The van der Waals surface area contributed by atoms with Gasteiger partial charge in [-0.05, 0) is 35.2 Å². The van der Waals surface area contributed by atoms with E-state index in [1.807, 2.05) is 10.3 Å². The Morgan fingerprint density at radius 1 is 0.970 bits per heavy atom. The molecule has 0 radical (unpaired) electrons. The molecule has 0 atom stereocenters. The zero-order valence-electron chi connectivity index (χ0n) is 17.6. The lowest BCUT2D eigenvalue weighted by molar-refractivity contribution is -0.137. The number of hydrogen-bond donors (Lipinski definition) is 0. The average molecular weight is 479 g/mol. The Kier molecular flexibility index (Phi) is 6.99. The van der Waals surface area contributed by atoms with E-state index in [9.17, 15) is 22.4 Å². The first-order valence-corrected chi connectivity index (χ1v) is 11.3. The number of carbonyl (C=O) groups excluding carboxylic acids is 1. The molecule has 4 rings (SSSR count). The van der Waals surface area contributed by atoms with Gasteiger partial charge in [0.05, 0.1) is 10.4 Å². The van der Waals surface area contributed by atoms with E-state index in [2.05, 4.69) is 0 Å². The highest BCUT2D eigenvalue weighted by atomic mass is 32.1. The van der Waals surface area contributed by atoms with Crippen LogP contribution >= 0.6 is 11.3 Å². The standard InChI is InChI=1S/C24H22F4N2O2S/c25-20-6-1-2-7-21(20)32-15-18-13-22(33-16-18)23(31)30-10-8-29(9-11-30)14-17-4-3-5-19(12-17)24(26,27)28/h1-7,12-13,16H,8-11,14-15H2. The molecule has 1 amide bonds. The van der Waals surface area contributed by atoms with Gasteiger partial charge in [-0.1, -0.05) is 30.3 Å². The Labute approximate surface area is 193 Å². The van der Waals surface area contributed by atoms with E-state index in [4.69, 9.17) is 4.74 Å². The summed E-state index contributed by atoms with van der Waals surface area (Å²) in [7, 11) is 0. The molecule has 0 saturated carbocycles. The molecule has 2 heterocycles. The van der Waals surface area contributed by atoms with E-state index in [1.165, 1.54) is 29.5 Å². The molecular formula is C24H22F4N2O2S. The second-order valence-corrected chi connectivity index (χ2v) is 8.72. The highest BCUT2D eigenvalue weighted by Gasteiger charge is 2.30. The van der Waals surface area contributed by atoms with Crippen molar-refractivity contribution in [2.75, 3.05) is 26.2 Å². The van der Waals surface area contributed by atoms with Gasteiger partial charge in [-0.3, -0.25) is 9.69 Å².